The fraction of sp³-hybridized carbons (Fsp3) is 0.500. The Balaban J connectivity index is 1.88. The van der Waals surface area contributed by atoms with Crippen LogP contribution in [0.25, 0.3) is 0 Å². The summed E-state index contributed by atoms with van der Waals surface area (Å²) >= 11 is 0. The normalized spacial score (nSPS) is 19.6. The van der Waals surface area contributed by atoms with E-state index in [9.17, 15) is 9.59 Å². The van der Waals surface area contributed by atoms with Crippen molar-refractivity contribution in [3.63, 3.8) is 0 Å². The van der Waals surface area contributed by atoms with E-state index in [1.165, 1.54) is 16.0 Å². The Morgan fingerprint density at radius 1 is 1.03 bits per heavy atom. The standard InChI is InChI=1S/C28H38N2O3/c1-7-23(26(31)30-25(20(2)3)28(5,6)33-27(30)32)19-29(18-22-14-10-8-11-15-22)21(4)24-16-12-9-13-17-24/h8-17,20-21,23,25H,7,18-19H2,1-6H3/t21-,23+,25+/m1/s1. The second-order valence-corrected chi connectivity index (χ2v) is 9.98. The quantitative estimate of drug-likeness (QED) is 0.466. The fourth-order valence-corrected chi connectivity index (χ4v) is 5.07. The number of ether oxygens (including phenoxy) is 1. The molecule has 3 rings (SSSR count). The second kappa shape index (κ2) is 10.5. The molecule has 1 heterocycles. The molecule has 2 aromatic rings. The third kappa shape index (κ3) is 5.64. The number of rotatable bonds is 9. The molecule has 1 aliphatic rings. The van der Waals surface area contributed by atoms with Gasteiger partial charge in [0.2, 0.25) is 5.91 Å². The highest BCUT2D eigenvalue weighted by Gasteiger charge is 2.52. The van der Waals surface area contributed by atoms with E-state index in [0.717, 1.165) is 6.54 Å². The van der Waals surface area contributed by atoms with Crippen molar-refractivity contribution in [1.29, 1.82) is 0 Å². The number of hydrogen-bond donors (Lipinski definition) is 0. The minimum Gasteiger partial charge on any atom is -0.441 e. The van der Waals surface area contributed by atoms with E-state index in [1.54, 1.807) is 0 Å². The summed E-state index contributed by atoms with van der Waals surface area (Å²) in [5.74, 6) is -0.329. The number of carbonyl (C=O) groups is 2. The molecule has 1 fully saturated rings. The molecule has 2 aromatic carbocycles. The molecule has 33 heavy (non-hydrogen) atoms. The molecule has 0 bridgehead atoms. The topological polar surface area (TPSA) is 49.9 Å². The molecule has 1 saturated heterocycles. The van der Waals surface area contributed by atoms with Gasteiger partial charge in [0.25, 0.3) is 0 Å². The molecule has 0 aromatic heterocycles. The first-order valence-electron chi connectivity index (χ1n) is 12.0. The lowest BCUT2D eigenvalue weighted by atomic mass is 9.88. The maximum atomic E-state index is 13.7. The van der Waals surface area contributed by atoms with Crippen LogP contribution in [0.3, 0.4) is 0 Å². The zero-order chi connectivity index (χ0) is 24.2. The van der Waals surface area contributed by atoms with Gasteiger partial charge in [-0.2, -0.15) is 0 Å². The van der Waals surface area contributed by atoms with Crippen molar-refractivity contribution in [3.05, 3.63) is 71.8 Å². The summed E-state index contributed by atoms with van der Waals surface area (Å²) in [5, 5.41) is 0. The van der Waals surface area contributed by atoms with Crippen LogP contribution in [0.15, 0.2) is 60.7 Å². The summed E-state index contributed by atoms with van der Waals surface area (Å²) in [6.07, 6.45) is 0.133. The molecule has 0 unspecified atom stereocenters. The van der Waals surface area contributed by atoms with Crippen LogP contribution in [0.2, 0.25) is 0 Å². The van der Waals surface area contributed by atoms with Gasteiger partial charge in [0, 0.05) is 19.1 Å². The van der Waals surface area contributed by atoms with E-state index in [0.29, 0.717) is 13.0 Å². The number of cyclic esters (lactones) is 1. The van der Waals surface area contributed by atoms with Gasteiger partial charge in [-0.1, -0.05) is 81.4 Å². The zero-order valence-electron chi connectivity index (χ0n) is 20.8. The van der Waals surface area contributed by atoms with Gasteiger partial charge < -0.3 is 4.74 Å². The number of hydrogen-bond acceptors (Lipinski definition) is 4. The van der Waals surface area contributed by atoms with E-state index >= 15 is 0 Å². The maximum absolute atomic E-state index is 13.7. The predicted molar refractivity (Wildman–Crippen MR) is 132 cm³/mol. The average Bonchev–Trinajstić information content (AvgIpc) is 3.05. The Labute approximate surface area is 198 Å². The average molecular weight is 451 g/mol. The Morgan fingerprint density at radius 3 is 2.15 bits per heavy atom. The van der Waals surface area contributed by atoms with Gasteiger partial charge in [-0.25, -0.2) is 9.69 Å². The smallest absolute Gasteiger partial charge is 0.417 e. The SMILES string of the molecule is CC[C@@H](CN(Cc1ccccc1)[C@H](C)c1ccccc1)C(=O)N1C(=O)OC(C)(C)[C@@H]1C(C)C. The zero-order valence-corrected chi connectivity index (χ0v) is 20.8. The lowest BCUT2D eigenvalue weighted by molar-refractivity contribution is -0.135. The van der Waals surface area contributed by atoms with Crippen LogP contribution in [-0.4, -0.2) is 40.0 Å². The first-order chi connectivity index (χ1) is 15.7. The maximum Gasteiger partial charge on any atom is 0.417 e. The molecule has 5 nitrogen and oxygen atoms in total. The lowest BCUT2D eigenvalue weighted by Crippen LogP contribution is -2.51. The van der Waals surface area contributed by atoms with Gasteiger partial charge in [0.15, 0.2) is 0 Å². The monoisotopic (exact) mass is 450 g/mol. The molecule has 0 saturated carbocycles. The van der Waals surface area contributed by atoms with Gasteiger partial charge in [-0.3, -0.25) is 9.69 Å². The highest BCUT2D eigenvalue weighted by molar-refractivity contribution is 5.95. The van der Waals surface area contributed by atoms with Gasteiger partial charge in [0.1, 0.15) is 5.60 Å². The minimum atomic E-state index is -0.694. The van der Waals surface area contributed by atoms with Crippen molar-refractivity contribution in [2.24, 2.45) is 11.8 Å². The van der Waals surface area contributed by atoms with Gasteiger partial charge in [-0.05, 0) is 44.2 Å². The van der Waals surface area contributed by atoms with E-state index in [4.69, 9.17) is 4.74 Å². The predicted octanol–water partition coefficient (Wildman–Crippen LogP) is 6.06. The van der Waals surface area contributed by atoms with Crippen molar-refractivity contribution in [1.82, 2.24) is 9.80 Å². The number of nitrogens with zero attached hydrogens (tertiary/aromatic N) is 2. The molecule has 0 N–H and O–H groups in total. The van der Waals surface area contributed by atoms with Crippen molar-refractivity contribution < 1.29 is 14.3 Å². The van der Waals surface area contributed by atoms with Crippen LogP contribution in [-0.2, 0) is 16.1 Å². The first kappa shape index (κ1) is 25.0. The molecule has 5 heteroatoms. The van der Waals surface area contributed by atoms with Crippen LogP contribution in [0.5, 0.6) is 0 Å². The van der Waals surface area contributed by atoms with Crippen LogP contribution in [0.1, 0.15) is 65.1 Å². The van der Waals surface area contributed by atoms with Crippen LogP contribution in [0.4, 0.5) is 4.79 Å². The Kier molecular flexibility index (Phi) is 7.96. The van der Waals surface area contributed by atoms with Gasteiger partial charge in [0.05, 0.1) is 12.0 Å². The summed E-state index contributed by atoms with van der Waals surface area (Å²) in [6.45, 7) is 13.3. The van der Waals surface area contributed by atoms with Crippen LogP contribution < -0.4 is 0 Å². The Morgan fingerprint density at radius 2 is 1.61 bits per heavy atom. The van der Waals surface area contributed by atoms with E-state index < -0.39 is 11.7 Å². The number of carbonyl (C=O) groups excluding carboxylic acids is 2. The summed E-state index contributed by atoms with van der Waals surface area (Å²) in [7, 11) is 0. The molecule has 3 atom stereocenters. The highest BCUT2D eigenvalue weighted by atomic mass is 16.6. The van der Waals surface area contributed by atoms with Crippen LogP contribution in [0, 0.1) is 11.8 Å². The lowest BCUT2D eigenvalue weighted by Gasteiger charge is -2.35. The second-order valence-electron chi connectivity index (χ2n) is 9.98. The fourth-order valence-electron chi connectivity index (χ4n) is 5.07. The van der Waals surface area contributed by atoms with Crippen molar-refractivity contribution in [2.75, 3.05) is 6.54 Å². The van der Waals surface area contributed by atoms with E-state index in [2.05, 4.69) is 36.1 Å². The van der Waals surface area contributed by atoms with Crippen molar-refractivity contribution >= 4 is 12.0 Å². The Hall–Kier alpha value is -2.66. The summed E-state index contributed by atoms with van der Waals surface area (Å²) in [4.78, 5) is 30.2. The molecular formula is C28H38N2O3. The summed E-state index contributed by atoms with van der Waals surface area (Å²) in [5.41, 5.74) is 1.71. The first-order valence-corrected chi connectivity index (χ1v) is 12.0. The van der Waals surface area contributed by atoms with Gasteiger partial charge >= 0.3 is 6.09 Å². The van der Waals surface area contributed by atoms with E-state index in [-0.39, 0.29) is 29.8 Å². The van der Waals surface area contributed by atoms with Crippen molar-refractivity contribution in [3.8, 4) is 0 Å². The van der Waals surface area contributed by atoms with Crippen LogP contribution >= 0.6 is 0 Å². The summed E-state index contributed by atoms with van der Waals surface area (Å²) < 4.78 is 5.62. The molecular weight excluding hydrogens is 412 g/mol. The molecule has 1 aliphatic heterocycles. The van der Waals surface area contributed by atoms with Crippen molar-refractivity contribution in [2.45, 2.75) is 72.2 Å². The Bertz CT molecular complexity index is 927. The minimum absolute atomic E-state index is 0.108. The molecule has 2 amide bonds. The van der Waals surface area contributed by atoms with Gasteiger partial charge in [-0.15, -0.1) is 0 Å². The molecule has 0 aliphatic carbocycles. The highest BCUT2D eigenvalue weighted by Crippen LogP contribution is 2.36. The molecule has 178 valence electrons. The molecule has 0 radical (unpaired) electrons. The third-order valence-electron chi connectivity index (χ3n) is 6.76. The van der Waals surface area contributed by atoms with E-state index in [1.807, 2.05) is 71.0 Å². The number of benzene rings is 2. The summed E-state index contributed by atoms with van der Waals surface area (Å²) in [6, 6.07) is 20.5. The third-order valence-corrected chi connectivity index (χ3v) is 6.76. The number of imide groups is 1. The molecule has 0 spiro atoms. The number of amides is 2. The largest absolute Gasteiger partial charge is 0.441 e.